The molecule has 1 aliphatic heterocycles. The molecule has 222 valence electrons. The van der Waals surface area contributed by atoms with Crippen LogP contribution in [0.3, 0.4) is 0 Å². The molecule has 4 aromatic rings. The van der Waals surface area contributed by atoms with Crippen molar-refractivity contribution in [3.8, 4) is 11.1 Å². The number of urea groups is 1. The van der Waals surface area contributed by atoms with E-state index in [9.17, 15) is 27.5 Å². The lowest BCUT2D eigenvalue weighted by atomic mass is 10.0. The van der Waals surface area contributed by atoms with Crippen molar-refractivity contribution in [3.63, 3.8) is 0 Å². The maximum atomic E-state index is 15.3. The summed E-state index contributed by atoms with van der Waals surface area (Å²) in [6.45, 7) is 3.40. The molecule has 0 radical (unpaired) electrons. The highest BCUT2D eigenvalue weighted by molar-refractivity contribution is 6.00. The molecule has 5 rings (SSSR count). The molecule has 0 unspecified atom stereocenters. The van der Waals surface area contributed by atoms with Crippen molar-refractivity contribution in [3.05, 3.63) is 71.2 Å². The zero-order chi connectivity index (χ0) is 30.2. The topological polar surface area (TPSA) is 124 Å². The Balaban J connectivity index is 1.44. The second-order valence-electron chi connectivity index (χ2n) is 9.91. The van der Waals surface area contributed by atoms with Gasteiger partial charge in [0.2, 0.25) is 0 Å². The van der Waals surface area contributed by atoms with Crippen LogP contribution in [-0.2, 0) is 19.3 Å². The summed E-state index contributed by atoms with van der Waals surface area (Å²) in [5, 5.41) is 18.9. The number of rotatable bonds is 6. The van der Waals surface area contributed by atoms with E-state index in [0.717, 1.165) is 32.2 Å². The number of halogens is 5. The number of aliphatic hydroxyl groups is 1. The van der Waals surface area contributed by atoms with E-state index in [1.54, 1.807) is 4.52 Å². The van der Waals surface area contributed by atoms with Gasteiger partial charge in [-0.05, 0) is 42.9 Å². The average Bonchev–Trinajstić information content (AvgIpc) is 3.26. The Morgan fingerprint density at radius 3 is 2.40 bits per heavy atom. The van der Waals surface area contributed by atoms with Gasteiger partial charge in [-0.1, -0.05) is 6.07 Å². The van der Waals surface area contributed by atoms with Crippen molar-refractivity contribution in [1.29, 1.82) is 0 Å². The first-order valence-electron chi connectivity index (χ1n) is 12.9. The lowest BCUT2D eigenvalue weighted by Crippen LogP contribution is -2.44. The smallest absolute Gasteiger partial charge is 0.392 e. The van der Waals surface area contributed by atoms with E-state index in [1.807, 2.05) is 12.4 Å². The molecule has 0 spiro atoms. The molecule has 2 aromatic carbocycles. The quantitative estimate of drug-likeness (QED) is 0.249. The Morgan fingerprint density at radius 1 is 1.02 bits per heavy atom. The number of aromatic nitrogens is 3. The number of alkyl halides is 3. The van der Waals surface area contributed by atoms with Crippen LogP contribution in [0, 0.1) is 11.6 Å². The second kappa shape index (κ2) is 11.5. The van der Waals surface area contributed by atoms with Crippen LogP contribution in [0.25, 0.3) is 16.6 Å². The van der Waals surface area contributed by atoms with Crippen molar-refractivity contribution >= 4 is 28.7 Å². The van der Waals surface area contributed by atoms with Crippen molar-refractivity contribution in [2.75, 3.05) is 49.6 Å². The number of piperazine rings is 1. The molecule has 5 N–H and O–H groups in total. The van der Waals surface area contributed by atoms with Crippen LogP contribution < -0.4 is 16.4 Å². The summed E-state index contributed by atoms with van der Waals surface area (Å²) in [6, 6.07) is 4.22. The highest BCUT2D eigenvalue weighted by Gasteiger charge is 2.31. The van der Waals surface area contributed by atoms with Crippen molar-refractivity contribution in [1.82, 2.24) is 24.4 Å². The first-order valence-corrected chi connectivity index (χ1v) is 12.9. The van der Waals surface area contributed by atoms with Gasteiger partial charge in [0.15, 0.2) is 5.82 Å². The van der Waals surface area contributed by atoms with Gasteiger partial charge >= 0.3 is 12.2 Å². The number of fused-ring (bicyclic) bond motifs is 1. The first kappa shape index (κ1) is 29.2. The van der Waals surface area contributed by atoms with Gasteiger partial charge in [-0.2, -0.15) is 18.3 Å². The van der Waals surface area contributed by atoms with Gasteiger partial charge in [-0.3, -0.25) is 4.90 Å². The Hall–Kier alpha value is -4.34. The molecule has 1 saturated heterocycles. The Morgan fingerprint density at radius 2 is 1.74 bits per heavy atom. The van der Waals surface area contributed by atoms with Crippen LogP contribution in [-0.4, -0.2) is 68.8 Å². The summed E-state index contributed by atoms with van der Waals surface area (Å²) < 4.78 is 69.9. The molecule has 2 aromatic heterocycles. The minimum atomic E-state index is -4.75. The minimum Gasteiger partial charge on any atom is -0.392 e. The third-order valence-corrected chi connectivity index (χ3v) is 7.14. The van der Waals surface area contributed by atoms with Crippen molar-refractivity contribution in [2.45, 2.75) is 19.3 Å². The van der Waals surface area contributed by atoms with Gasteiger partial charge in [0.25, 0.3) is 0 Å². The number of anilines is 3. The van der Waals surface area contributed by atoms with Gasteiger partial charge in [0.1, 0.15) is 23.5 Å². The number of likely N-dealkylation sites (N-methyl/N-ethyl adjacent to an activating group) is 1. The standard InChI is InChI=1S/C27H27F5N8O2/c1-38-6-8-39(9-7-38)12-22-17(13-41)23(24-25(33)34-14-35-40(22)24)15-2-5-20(19(29)10-15)36-26(42)37-21-11-16(27(30,31)32)3-4-18(21)28/h2-5,10-11,14,41H,6-9,12-13H2,1H3,(H2,33,34,35)(H2,36,37,42). The number of nitrogens with one attached hydrogen (secondary N) is 2. The number of nitrogens with two attached hydrogens (primary N) is 1. The van der Waals surface area contributed by atoms with Crippen LogP contribution in [0.15, 0.2) is 42.7 Å². The molecule has 2 amide bonds. The fourth-order valence-electron chi connectivity index (χ4n) is 4.93. The molecular formula is C27H27F5N8O2. The lowest BCUT2D eigenvalue weighted by Gasteiger charge is -2.32. The first-order chi connectivity index (χ1) is 20.0. The van der Waals surface area contributed by atoms with E-state index in [2.05, 4.69) is 25.2 Å². The van der Waals surface area contributed by atoms with E-state index in [0.29, 0.717) is 52.6 Å². The zero-order valence-corrected chi connectivity index (χ0v) is 22.3. The maximum absolute atomic E-state index is 15.3. The summed E-state index contributed by atoms with van der Waals surface area (Å²) >= 11 is 0. The number of hydrogen-bond acceptors (Lipinski definition) is 7. The fraction of sp³-hybridized carbons (Fsp3) is 0.296. The number of benzene rings is 2. The zero-order valence-electron chi connectivity index (χ0n) is 22.3. The molecule has 15 heteroatoms. The van der Waals surface area contributed by atoms with Gasteiger partial charge in [-0.15, -0.1) is 0 Å². The lowest BCUT2D eigenvalue weighted by molar-refractivity contribution is -0.137. The number of nitrogen functional groups attached to an aromatic ring is 1. The predicted molar refractivity (Wildman–Crippen MR) is 146 cm³/mol. The molecule has 0 bridgehead atoms. The minimum absolute atomic E-state index is 0.115. The van der Waals surface area contributed by atoms with Crippen molar-refractivity contribution in [2.24, 2.45) is 0 Å². The molecule has 3 heterocycles. The summed E-state index contributed by atoms with van der Waals surface area (Å²) in [4.78, 5) is 20.9. The number of aliphatic hydroxyl groups excluding tert-OH is 1. The maximum Gasteiger partial charge on any atom is 0.416 e. The van der Waals surface area contributed by atoms with Crippen LogP contribution in [0.4, 0.5) is 43.9 Å². The van der Waals surface area contributed by atoms with E-state index in [-0.39, 0.29) is 11.5 Å². The second-order valence-corrected chi connectivity index (χ2v) is 9.91. The van der Waals surface area contributed by atoms with Crippen molar-refractivity contribution < 1.29 is 31.9 Å². The molecule has 10 nitrogen and oxygen atoms in total. The largest absolute Gasteiger partial charge is 0.416 e. The number of carbonyl (C=O) groups is 1. The highest BCUT2D eigenvalue weighted by Crippen LogP contribution is 2.37. The summed E-state index contributed by atoms with van der Waals surface area (Å²) in [7, 11) is 2.04. The van der Waals surface area contributed by atoms with Crippen LogP contribution >= 0.6 is 0 Å². The fourth-order valence-corrected chi connectivity index (χ4v) is 4.93. The number of amides is 2. The monoisotopic (exact) mass is 590 g/mol. The van der Waals surface area contributed by atoms with E-state index in [1.165, 1.54) is 18.5 Å². The van der Waals surface area contributed by atoms with Crippen LogP contribution in [0.5, 0.6) is 0 Å². The number of carbonyl (C=O) groups excluding carboxylic acids is 1. The Labute approximate surface area is 236 Å². The molecule has 42 heavy (non-hydrogen) atoms. The van der Waals surface area contributed by atoms with Crippen LogP contribution in [0.1, 0.15) is 16.8 Å². The highest BCUT2D eigenvalue weighted by atomic mass is 19.4. The van der Waals surface area contributed by atoms with E-state index in [4.69, 9.17) is 5.73 Å². The summed E-state index contributed by atoms with van der Waals surface area (Å²) in [5.41, 5.74) is 6.26. The van der Waals surface area contributed by atoms with Gasteiger partial charge in [-0.25, -0.2) is 23.1 Å². The number of hydrogen-bond donors (Lipinski definition) is 4. The number of nitrogens with zero attached hydrogens (tertiary/aromatic N) is 5. The van der Waals surface area contributed by atoms with Crippen LogP contribution in [0.2, 0.25) is 0 Å². The normalized spacial score (nSPS) is 14.8. The molecular weight excluding hydrogens is 563 g/mol. The van der Waals surface area contributed by atoms with Gasteiger partial charge in [0.05, 0.1) is 29.2 Å². The van der Waals surface area contributed by atoms with Gasteiger partial charge in [0, 0.05) is 43.9 Å². The molecule has 1 aliphatic rings. The Kier molecular flexibility index (Phi) is 7.99. The Bertz CT molecular complexity index is 1630. The van der Waals surface area contributed by atoms with Gasteiger partial charge < -0.3 is 26.4 Å². The molecule has 1 fully saturated rings. The SMILES string of the molecule is CN1CCN(Cc2c(CO)c(-c3ccc(NC(=O)Nc4cc(C(F)(F)F)ccc4F)c(F)c3)c3c(N)ncnn23)CC1. The third kappa shape index (κ3) is 5.84. The predicted octanol–water partition coefficient (Wildman–Crippen LogP) is 4.16. The summed E-state index contributed by atoms with van der Waals surface area (Å²) in [6.07, 6.45) is -3.46. The average molecular weight is 591 g/mol. The molecule has 0 saturated carbocycles. The molecule has 0 atom stereocenters. The summed E-state index contributed by atoms with van der Waals surface area (Å²) in [5.74, 6) is -1.88. The van der Waals surface area contributed by atoms with E-state index >= 15 is 4.39 Å². The molecule has 0 aliphatic carbocycles. The van der Waals surface area contributed by atoms with E-state index < -0.39 is 41.7 Å². The third-order valence-electron chi connectivity index (χ3n) is 7.14.